The number of carbonyl (C=O) groups is 2. The van der Waals surface area contributed by atoms with Crippen molar-refractivity contribution in [2.24, 2.45) is 4.99 Å². The Balaban J connectivity index is 1.60. The van der Waals surface area contributed by atoms with Crippen LogP contribution in [0.4, 0.5) is 10.8 Å². The summed E-state index contributed by atoms with van der Waals surface area (Å²) in [4.78, 5) is 35.9. The van der Waals surface area contributed by atoms with Gasteiger partial charge >= 0.3 is 0 Å². The molecule has 4 rings (SSSR count). The number of nitrogens with zero attached hydrogens (tertiary/aromatic N) is 3. The lowest BCUT2D eigenvalue weighted by Gasteiger charge is -2.18. The van der Waals surface area contributed by atoms with Crippen LogP contribution in [0.2, 0.25) is 0 Å². The lowest BCUT2D eigenvalue weighted by atomic mass is 10.0. The standard InChI is InChI=1S/C25H24N4O3S2/c1-16(2)18-9-7-17(8-10-18)13-21-23(31)29(19-5-4-6-20(14-19)32-3)25(27-21)34-15-22(30)28-24-26-11-12-33-24/h4-14,16H,15H2,1-3H3,(H,26,28,30)/b21-13+. The first-order valence-corrected chi connectivity index (χ1v) is 12.5. The van der Waals surface area contributed by atoms with Gasteiger partial charge in [0.25, 0.3) is 5.91 Å². The molecule has 0 radical (unpaired) electrons. The van der Waals surface area contributed by atoms with Crippen molar-refractivity contribution in [2.75, 3.05) is 23.1 Å². The van der Waals surface area contributed by atoms with Gasteiger partial charge in [-0.15, -0.1) is 11.3 Å². The first-order chi connectivity index (χ1) is 16.4. The Kier molecular flexibility index (Phi) is 7.44. The smallest absolute Gasteiger partial charge is 0.283 e. The van der Waals surface area contributed by atoms with Crippen LogP contribution in [0.1, 0.15) is 30.9 Å². The van der Waals surface area contributed by atoms with Gasteiger partial charge in [0.2, 0.25) is 5.91 Å². The first-order valence-electron chi connectivity index (χ1n) is 10.7. The van der Waals surface area contributed by atoms with Gasteiger partial charge in [0.05, 0.1) is 18.6 Å². The Morgan fingerprint density at radius 1 is 1.24 bits per heavy atom. The fraction of sp³-hybridized carbons (Fsp3) is 0.200. The average molecular weight is 493 g/mol. The highest BCUT2D eigenvalue weighted by Crippen LogP contribution is 2.31. The molecule has 0 spiro atoms. The molecule has 3 aromatic rings. The topological polar surface area (TPSA) is 83.9 Å². The minimum atomic E-state index is -0.260. The van der Waals surface area contributed by atoms with E-state index in [1.165, 1.54) is 33.6 Å². The van der Waals surface area contributed by atoms with Gasteiger partial charge in [-0.05, 0) is 35.3 Å². The maximum atomic E-state index is 13.4. The van der Waals surface area contributed by atoms with Crippen molar-refractivity contribution in [1.82, 2.24) is 4.98 Å². The van der Waals surface area contributed by atoms with Crippen LogP contribution in [0, 0.1) is 0 Å². The van der Waals surface area contributed by atoms with Crippen molar-refractivity contribution >= 4 is 57.0 Å². The summed E-state index contributed by atoms with van der Waals surface area (Å²) in [6, 6.07) is 15.3. The zero-order valence-electron chi connectivity index (χ0n) is 19.0. The summed E-state index contributed by atoms with van der Waals surface area (Å²) in [5.74, 6) is 0.655. The van der Waals surface area contributed by atoms with Crippen LogP contribution < -0.4 is 15.0 Å². The molecule has 2 amide bonds. The third-order valence-corrected chi connectivity index (χ3v) is 6.69. The number of nitrogens with one attached hydrogen (secondary N) is 1. The molecule has 0 aliphatic carbocycles. The van der Waals surface area contributed by atoms with Gasteiger partial charge in [-0.1, -0.05) is 55.9 Å². The number of benzene rings is 2. The summed E-state index contributed by atoms with van der Waals surface area (Å²) >= 11 is 2.54. The summed E-state index contributed by atoms with van der Waals surface area (Å²) in [5, 5.41) is 5.50. The van der Waals surface area contributed by atoms with Gasteiger partial charge in [-0.25, -0.2) is 9.98 Å². The number of hydrogen-bond donors (Lipinski definition) is 1. The highest BCUT2D eigenvalue weighted by molar-refractivity contribution is 8.14. The van der Waals surface area contributed by atoms with E-state index in [0.29, 0.717) is 33.4 Å². The van der Waals surface area contributed by atoms with Gasteiger partial charge in [0.1, 0.15) is 11.4 Å². The van der Waals surface area contributed by atoms with Gasteiger partial charge in [0, 0.05) is 17.6 Å². The number of hydrogen-bond acceptors (Lipinski definition) is 7. The minimum Gasteiger partial charge on any atom is -0.497 e. The second-order valence-corrected chi connectivity index (χ2v) is 9.60. The maximum absolute atomic E-state index is 13.4. The predicted molar refractivity (Wildman–Crippen MR) is 140 cm³/mol. The van der Waals surface area contributed by atoms with Gasteiger partial charge in [0.15, 0.2) is 10.3 Å². The Labute approximate surface area is 206 Å². The molecule has 1 aliphatic heterocycles. The van der Waals surface area contributed by atoms with Crippen molar-refractivity contribution < 1.29 is 14.3 Å². The second-order valence-electron chi connectivity index (χ2n) is 7.76. The van der Waals surface area contributed by atoms with Gasteiger partial charge < -0.3 is 10.1 Å². The van der Waals surface area contributed by atoms with Crippen LogP contribution in [0.25, 0.3) is 6.08 Å². The van der Waals surface area contributed by atoms with E-state index in [-0.39, 0.29) is 17.6 Å². The van der Waals surface area contributed by atoms with Crippen molar-refractivity contribution in [2.45, 2.75) is 19.8 Å². The van der Waals surface area contributed by atoms with Crippen molar-refractivity contribution in [3.8, 4) is 5.75 Å². The third kappa shape index (κ3) is 5.55. The number of rotatable bonds is 7. The molecule has 9 heteroatoms. The Bertz CT molecular complexity index is 1240. The zero-order valence-corrected chi connectivity index (χ0v) is 20.7. The van der Waals surface area contributed by atoms with E-state index in [0.717, 1.165) is 5.56 Å². The number of anilines is 2. The monoisotopic (exact) mass is 492 g/mol. The highest BCUT2D eigenvalue weighted by Gasteiger charge is 2.32. The normalized spacial score (nSPS) is 14.6. The number of aromatic nitrogens is 1. The number of methoxy groups -OCH3 is 1. The molecule has 1 aliphatic rings. The lowest BCUT2D eigenvalue weighted by Crippen LogP contribution is -2.31. The zero-order chi connectivity index (χ0) is 24.1. The van der Waals surface area contributed by atoms with E-state index in [1.807, 2.05) is 30.3 Å². The fourth-order valence-electron chi connectivity index (χ4n) is 3.28. The van der Waals surface area contributed by atoms with Gasteiger partial charge in [-0.3, -0.25) is 14.5 Å². The summed E-state index contributed by atoms with van der Waals surface area (Å²) in [5.41, 5.74) is 3.04. The van der Waals surface area contributed by atoms with Crippen molar-refractivity contribution in [3.63, 3.8) is 0 Å². The van der Waals surface area contributed by atoms with Crippen LogP contribution in [0.3, 0.4) is 0 Å². The molecule has 0 fully saturated rings. The van der Waals surface area contributed by atoms with Crippen LogP contribution in [-0.2, 0) is 9.59 Å². The van der Waals surface area contributed by atoms with Crippen LogP contribution in [-0.4, -0.2) is 34.8 Å². The molecular formula is C25H24N4O3S2. The highest BCUT2D eigenvalue weighted by atomic mass is 32.2. The molecule has 2 heterocycles. The fourth-order valence-corrected chi connectivity index (χ4v) is 4.63. The quantitative estimate of drug-likeness (QED) is 0.447. The number of carbonyl (C=O) groups excluding carboxylic acids is 2. The predicted octanol–water partition coefficient (Wildman–Crippen LogP) is 5.39. The molecule has 34 heavy (non-hydrogen) atoms. The summed E-state index contributed by atoms with van der Waals surface area (Å²) in [7, 11) is 1.57. The Morgan fingerprint density at radius 2 is 2.03 bits per heavy atom. The molecule has 1 N–H and O–H groups in total. The Morgan fingerprint density at radius 3 is 2.71 bits per heavy atom. The number of amides is 2. The molecule has 174 valence electrons. The minimum absolute atomic E-state index is 0.0858. The number of amidine groups is 1. The summed E-state index contributed by atoms with van der Waals surface area (Å²) < 4.78 is 5.33. The molecule has 0 bridgehead atoms. The van der Waals surface area contributed by atoms with Gasteiger partial charge in [-0.2, -0.15) is 0 Å². The molecule has 0 saturated heterocycles. The maximum Gasteiger partial charge on any atom is 0.283 e. The third-order valence-electron chi connectivity index (χ3n) is 5.06. The van der Waals surface area contributed by atoms with E-state index in [1.54, 1.807) is 30.8 Å². The number of thiazole rings is 1. The molecular weight excluding hydrogens is 468 g/mol. The molecule has 7 nitrogen and oxygen atoms in total. The molecule has 2 aromatic carbocycles. The number of ether oxygens (including phenoxy) is 1. The van der Waals surface area contributed by atoms with E-state index in [2.05, 4.69) is 41.3 Å². The lowest BCUT2D eigenvalue weighted by molar-refractivity contribution is -0.114. The molecule has 0 atom stereocenters. The largest absolute Gasteiger partial charge is 0.497 e. The van der Waals surface area contributed by atoms with E-state index in [4.69, 9.17) is 4.74 Å². The number of thioether (sulfide) groups is 1. The molecule has 0 saturated carbocycles. The van der Waals surface area contributed by atoms with E-state index < -0.39 is 0 Å². The first kappa shape index (κ1) is 23.7. The van der Waals surface area contributed by atoms with Crippen LogP contribution >= 0.6 is 23.1 Å². The van der Waals surface area contributed by atoms with Crippen molar-refractivity contribution in [3.05, 3.63) is 76.9 Å². The molecule has 1 aromatic heterocycles. The Hall–Kier alpha value is -3.43. The molecule has 0 unspecified atom stereocenters. The average Bonchev–Trinajstić information content (AvgIpc) is 3.45. The van der Waals surface area contributed by atoms with E-state index in [9.17, 15) is 9.59 Å². The van der Waals surface area contributed by atoms with Crippen molar-refractivity contribution in [1.29, 1.82) is 0 Å². The second kappa shape index (κ2) is 10.7. The SMILES string of the molecule is COc1cccc(N2C(=O)/C(=C\c3ccc(C(C)C)cc3)N=C2SCC(=O)Nc2nccs2)c1. The van der Waals surface area contributed by atoms with E-state index >= 15 is 0 Å². The van der Waals surface area contributed by atoms with Crippen LogP contribution in [0.5, 0.6) is 5.75 Å². The van der Waals surface area contributed by atoms with Crippen LogP contribution in [0.15, 0.2) is 70.8 Å². The number of aliphatic imine (C=N–C) groups is 1. The summed E-state index contributed by atoms with van der Waals surface area (Å²) in [6.45, 7) is 4.27. The summed E-state index contributed by atoms with van der Waals surface area (Å²) in [6.07, 6.45) is 3.39.